The fourth-order valence-electron chi connectivity index (χ4n) is 6.16. The fraction of sp³-hybridized carbons (Fsp3) is 0. The Morgan fingerprint density at radius 1 is 0.365 bits per heavy atom. The fourth-order valence-corrected chi connectivity index (χ4v) is 6.16. The summed E-state index contributed by atoms with van der Waals surface area (Å²) in [6.45, 7) is 0. The van der Waals surface area contributed by atoms with Gasteiger partial charge in [-0.25, -0.2) is 0 Å². The third-order valence-electron chi connectivity index (χ3n) is 8.63. The van der Waals surface area contributed by atoms with Gasteiger partial charge in [0.15, 0.2) is 0 Å². The lowest BCUT2D eigenvalue weighted by Crippen LogP contribution is -2.09. The summed E-state index contributed by atoms with van der Waals surface area (Å²) >= 11 is 0. The molecule has 0 N–H and O–H groups in total. The van der Waals surface area contributed by atoms with Crippen molar-refractivity contribution < 1.29 is 34.6 Å². The maximum absolute atomic E-state index is 9.58. The molecule has 0 fully saturated rings. The summed E-state index contributed by atoms with van der Waals surface area (Å²) < 4.78 is 203. The van der Waals surface area contributed by atoms with Crippen molar-refractivity contribution in [2.45, 2.75) is 0 Å². The van der Waals surface area contributed by atoms with Crippen LogP contribution in [0, 0.1) is 0 Å². The minimum absolute atomic E-state index is 0.0498. The average Bonchev–Trinajstić information content (AvgIpc) is 3.77. The van der Waals surface area contributed by atoms with E-state index in [1.807, 2.05) is 30.3 Å². The highest BCUT2D eigenvalue weighted by Crippen LogP contribution is 2.40. The van der Waals surface area contributed by atoms with Crippen molar-refractivity contribution in [1.82, 2.24) is 0 Å². The molecule has 2 nitrogen and oxygen atoms in total. The second-order valence-electron chi connectivity index (χ2n) is 11.6. The van der Waals surface area contributed by atoms with Crippen LogP contribution in [0.5, 0.6) is 0 Å². The maximum Gasteiger partial charge on any atom is 0.135 e. The smallest absolute Gasteiger partial charge is 0.135 e. The van der Waals surface area contributed by atoms with Crippen molar-refractivity contribution in [3.63, 3.8) is 0 Å². The number of nitrogens with zero attached hydrogens (tertiary/aromatic N) is 1. The molecule has 0 aliphatic carbocycles. The minimum atomic E-state index is -0.924. The van der Waals surface area contributed by atoms with E-state index in [-0.39, 0.29) is 5.69 Å². The molecule has 0 bridgehead atoms. The van der Waals surface area contributed by atoms with Gasteiger partial charge in [-0.1, -0.05) is 145 Å². The zero-order valence-corrected chi connectivity index (χ0v) is 26.7. The van der Waals surface area contributed by atoms with Crippen LogP contribution in [0.1, 0.15) is 30.2 Å². The van der Waals surface area contributed by atoms with E-state index < -0.39 is 188 Å². The van der Waals surface area contributed by atoms with Crippen molar-refractivity contribution in [3.05, 3.63) is 200 Å². The number of para-hydroxylation sites is 1. The molecule has 0 spiro atoms. The van der Waals surface area contributed by atoms with Gasteiger partial charge in [0.25, 0.3) is 0 Å². The Morgan fingerprint density at radius 3 is 1.50 bits per heavy atom. The summed E-state index contributed by atoms with van der Waals surface area (Å²) in [6, 6.07) is 0.738. The quantitative estimate of drug-likeness (QED) is 0.173. The molecular formula is C50H33NO. The summed E-state index contributed by atoms with van der Waals surface area (Å²) in [5.41, 5.74) is -1.38. The molecule has 0 saturated carbocycles. The molecule has 0 atom stereocenters. The van der Waals surface area contributed by atoms with Gasteiger partial charge in [0, 0.05) is 27.8 Å². The Balaban J connectivity index is 1.27. The van der Waals surface area contributed by atoms with Crippen molar-refractivity contribution in [2.75, 3.05) is 4.90 Å². The van der Waals surface area contributed by atoms with Crippen LogP contribution < -0.4 is 4.90 Å². The summed E-state index contributed by atoms with van der Waals surface area (Å²) in [5.74, 6) is 0. The monoisotopic (exact) mass is 685 g/mol. The van der Waals surface area contributed by atoms with Crippen LogP contribution in [-0.4, -0.2) is 0 Å². The molecule has 0 radical (unpaired) electrons. The molecule has 9 aromatic carbocycles. The Morgan fingerprint density at radius 2 is 0.885 bits per heavy atom. The number of hydrogen-bond donors (Lipinski definition) is 0. The van der Waals surface area contributed by atoms with E-state index in [1.165, 1.54) is 12.1 Å². The number of fused-ring (bicyclic) bond motifs is 5. The lowest BCUT2D eigenvalue weighted by Gasteiger charge is -2.26. The number of anilines is 3. The molecule has 2 heteroatoms. The highest BCUT2D eigenvalue weighted by atomic mass is 16.3. The second kappa shape index (κ2) is 12.5. The average molecular weight is 686 g/mol. The van der Waals surface area contributed by atoms with Gasteiger partial charge in [0.05, 0.1) is 30.2 Å². The highest BCUT2D eigenvalue weighted by Gasteiger charge is 2.15. The second-order valence-corrected chi connectivity index (χ2v) is 11.6. The molecule has 1 aromatic heterocycles. The summed E-state index contributed by atoms with van der Waals surface area (Å²) in [6.07, 6.45) is 0. The van der Waals surface area contributed by atoms with E-state index in [1.54, 1.807) is 24.3 Å². The van der Waals surface area contributed by atoms with Crippen LogP contribution in [0.2, 0.25) is 0 Å². The standard InChI is InChI=1S/C50H33NO/c1-3-13-43-35(9-1)11-7-16-45(43)37-21-28-41(29-22-37)51(42-30-23-38(24-31-42)46-17-8-12-36-10-2-4-14-44(36)46)40-26-19-34(20-27-40)39-25-32-50-48(33-39)47-15-5-6-18-49(47)52-50/h1-33H/i1D,2D,3D,4D,7D,8D,9D,10D,11D,12D,13D,14D,16D,17D,21D,22D,23D,24D,28D,29D,30D,31D. The number of hydrogen-bond acceptors (Lipinski definition) is 2. The molecule has 10 aromatic rings. The largest absolute Gasteiger partial charge is 0.456 e. The molecule has 0 unspecified atom stereocenters. The lowest BCUT2D eigenvalue weighted by atomic mass is 9.97. The third-order valence-corrected chi connectivity index (χ3v) is 8.63. The van der Waals surface area contributed by atoms with Crippen molar-refractivity contribution in [2.24, 2.45) is 0 Å². The normalized spacial score (nSPS) is 17.4. The predicted molar refractivity (Wildman–Crippen MR) is 220 cm³/mol. The van der Waals surface area contributed by atoms with E-state index in [2.05, 4.69) is 0 Å². The molecule has 244 valence electrons. The van der Waals surface area contributed by atoms with Crippen LogP contribution in [0.15, 0.2) is 204 Å². The number of furan rings is 1. The van der Waals surface area contributed by atoms with Crippen molar-refractivity contribution in [1.29, 1.82) is 0 Å². The van der Waals surface area contributed by atoms with Gasteiger partial charge in [-0.3, -0.25) is 0 Å². The van der Waals surface area contributed by atoms with Crippen LogP contribution in [-0.2, 0) is 0 Å². The van der Waals surface area contributed by atoms with Gasteiger partial charge < -0.3 is 9.32 Å². The minimum Gasteiger partial charge on any atom is -0.456 e. The van der Waals surface area contributed by atoms with Gasteiger partial charge in [-0.2, -0.15) is 0 Å². The Kier molecular flexibility index (Phi) is 3.63. The van der Waals surface area contributed by atoms with E-state index in [0.717, 1.165) is 15.7 Å². The lowest BCUT2D eigenvalue weighted by molar-refractivity contribution is 0.669. The molecule has 0 saturated heterocycles. The Bertz CT molecular complexity index is 3910. The van der Waals surface area contributed by atoms with Crippen LogP contribution >= 0.6 is 0 Å². The molecule has 1 heterocycles. The maximum atomic E-state index is 9.58. The van der Waals surface area contributed by atoms with E-state index in [4.69, 9.17) is 23.6 Å². The first kappa shape index (κ1) is 15.1. The SMILES string of the molecule is [2H]c1c([2H])c(N(c2ccc(-c3ccc4oc5ccccc5c4c3)cc2)c2c([2H])c([2H])c(-c3c([2H])c([2H])c([2H])c4c([2H])c([2H])c([2H])c([2H])c34)c([2H])c2[2H])c([2H])c([2H])c1-c1c([2H])c([2H])c([2H])c2c([2H])c([2H])c([2H])c([2H])c12. The molecule has 0 amide bonds. The zero-order chi connectivity index (χ0) is 53.6. The van der Waals surface area contributed by atoms with Crippen LogP contribution in [0.25, 0.3) is 76.9 Å². The first-order chi connectivity index (χ1) is 34.9. The summed E-state index contributed by atoms with van der Waals surface area (Å²) in [4.78, 5) is 0.939. The third kappa shape index (κ3) is 5.21. The summed E-state index contributed by atoms with van der Waals surface area (Å²) in [5, 5.41) is -0.383. The Hall–Kier alpha value is -6.90. The Labute approximate surface area is 333 Å². The van der Waals surface area contributed by atoms with E-state index in [0.29, 0.717) is 22.3 Å². The molecule has 10 rings (SSSR count). The van der Waals surface area contributed by atoms with Gasteiger partial charge in [-0.05, 0) is 109 Å². The molecular weight excluding hydrogens is 631 g/mol. The first-order valence-electron chi connectivity index (χ1n) is 27.0. The zero-order valence-electron chi connectivity index (χ0n) is 48.7. The summed E-state index contributed by atoms with van der Waals surface area (Å²) in [7, 11) is 0. The molecule has 0 aliphatic rings. The highest BCUT2D eigenvalue weighted by molar-refractivity contribution is 6.06. The first-order valence-corrected chi connectivity index (χ1v) is 16.0. The van der Waals surface area contributed by atoms with Crippen molar-refractivity contribution in [3.8, 4) is 33.4 Å². The topological polar surface area (TPSA) is 16.4 Å². The van der Waals surface area contributed by atoms with Gasteiger partial charge in [0.2, 0.25) is 0 Å². The van der Waals surface area contributed by atoms with Gasteiger partial charge >= 0.3 is 0 Å². The molecule has 0 aliphatic heterocycles. The van der Waals surface area contributed by atoms with Crippen LogP contribution in [0.4, 0.5) is 17.1 Å². The number of benzene rings is 9. The van der Waals surface area contributed by atoms with Crippen LogP contribution in [0.3, 0.4) is 0 Å². The van der Waals surface area contributed by atoms with E-state index >= 15 is 0 Å². The predicted octanol–water partition coefficient (Wildman–Crippen LogP) is 14.4. The van der Waals surface area contributed by atoms with E-state index in [9.17, 15) is 11.0 Å². The van der Waals surface area contributed by atoms with Gasteiger partial charge in [0.1, 0.15) is 11.2 Å². The number of rotatable bonds is 6. The van der Waals surface area contributed by atoms with Crippen molar-refractivity contribution >= 4 is 60.5 Å². The van der Waals surface area contributed by atoms with Gasteiger partial charge in [-0.15, -0.1) is 0 Å². The molecule has 52 heavy (non-hydrogen) atoms.